The van der Waals surface area contributed by atoms with Crippen LogP contribution in [0.25, 0.3) is 0 Å². The maximum atomic E-state index is 11.7. The first kappa shape index (κ1) is 18.4. The van der Waals surface area contributed by atoms with Crippen LogP contribution in [0.3, 0.4) is 0 Å². The Labute approximate surface area is 141 Å². The summed E-state index contributed by atoms with van der Waals surface area (Å²) >= 11 is 0. The summed E-state index contributed by atoms with van der Waals surface area (Å²) in [6.45, 7) is 4.12. The van der Waals surface area contributed by atoms with Crippen molar-refractivity contribution in [2.45, 2.75) is 109 Å². The largest absolute Gasteiger partial charge is 0.509 e. The van der Waals surface area contributed by atoms with Gasteiger partial charge in [-0.05, 0) is 65.2 Å². The second kappa shape index (κ2) is 8.75. The topological polar surface area (TPSA) is 35.5 Å². The molecule has 1 aliphatic carbocycles. The van der Waals surface area contributed by atoms with E-state index < -0.39 is 17.4 Å². The van der Waals surface area contributed by atoms with Crippen LogP contribution >= 0.6 is 0 Å². The summed E-state index contributed by atoms with van der Waals surface area (Å²) < 4.78 is 11.2. The van der Waals surface area contributed by atoms with Crippen molar-refractivity contribution in [2.75, 3.05) is 0 Å². The van der Waals surface area contributed by atoms with E-state index in [0.29, 0.717) is 0 Å². The lowest BCUT2D eigenvalue weighted by molar-refractivity contribution is -0.0375. The van der Waals surface area contributed by atoms with Crippen molar-refractivity contribution in [3.05, 3.63) is 12.2 Å². The molecular formula is C20H34O3. The number of rotatable bonds is 0. The fourth-order valence-corrected chi connectivity index (χ4v) is 3.80. The average Bonchev–Trinajstić information content (AvgIpc) is 2.72. The lowest BCUT2D eigenvalue weighted by atomic mass is 9.78. The van der Waals surface area contributed by atoms with E-state index in [0.717, 1.165) is 38.5 Å². The Kier molecular flexibility index (Phi) is 6.98. The van der Waals surface area contributed by atoms with Crippen LogP contribution in [-0.2, 0) is 9.47 Å². The summed E-state index contributed by atoms with van der Waals surface area (Å²) in [5.41, 5.74) is -0.935. The van der Waals surface area contributed by atoms with Crippen LogP contribution < -0.4 is 0 Å². The predicted octanol–water partition coefficient (Wildman–Crippen LogP) is 6.31. The molecule has 23 heavy (non-hydrogen) atoms. The van der Waals surface area contributed by atoms with Crippen molar-refractivity contribution in [3.8, 4) is 0 Å². The summed E-state index contributed by atoms with van der Waals surface area (Å²) in [5, 5.41) is 0. The number of hydrogen-bond donors (Lipinski definition) is 0. The highest BCUT2D eigenvalue weighted by Crippen LogP contribution is 2.43. The van der Waals surface area contributed by atoms with Gasteiger partial charge < -0.3 is 9.47 Å². The summed E-state index contributed by atoms with van der Waals surface area (Å²) in [6, 6.07) is 0. The van der Waals surface area contributed by atoms with Crippen molar-refractivity contribution in [1.82, 2.24) is 0 Å². The van der Waals surface area contributed by atoms with Gasteiger partial charge in [-0.15, -0.1) is 0 Å². The van der Waals surface area contributed by atoms with E-state index in [9.17, 15) is 4.79 Å². The van der Waals surface area contributed by atoms with Gasteiger partial charge in [-0.1, -0.05) is 44.3 Å². The van der Waals surface area contributed by atoms with Gasteiger partial charge in [-0.3, -0.25) is 0 Å². The number of ether oxygens (including phenoxy) is 2. The van der Waals surface area contributed by atoms with E-state index >= 15 is 0 Å². The molecule has 0 aromatic rings. The number of fused-ring (bicyclic) bond motifs is 1. The van der Waals surface area contributed by atoms with Gasteiger partial charge in [0.25, 0.3) is 0 Å². The highest BCUT2D eigenvalue weighted by molar-refractivity contribution is 5.64. The van der Waals surface area contributed by atoms with Gasteiger partial charge in [0.1, 0.15) is 0 Å². The van der Waals surface area contributed by atoms with Crippen molar-refractivity contribution in [1.29, 1.82) is 0 Å². The highest BCUT2D eigenvalue weighted by atomic mass is 16.8. The first-order valence-corrected chi connectivity index (χ1v) is 9.63. The van der Waals surface area contributed by atoms with Gasteiger partial charge in [0.2, 0.25) is 0 Å². The third kappa shape index (κ3) is 5.26. The molecule has 132 valence electrons. The predicted molar refractivity (Wildman–Crippen MR) is 93.5 cm³/mol. The lowest BCUT2D eigenvalue weighted by Gasteiger charge is -2.36. The first-order valence-electron chi connectivity index (χ1n) is 9.63. The normalized spacial score (nSPS) is 36.3. The van der Waals surface area contributed by atoms with E-state index in [2.05, 4.69) is 26.0 Å². The number of carbonyl (C=O) groups excluding carboxylic acids is 1. The molecule has 1 saturated heterocycles. The minimum absolute atomic E-state index is 0.464. The quantitative estimate of drug-likeness (QED) is 0.387. The number of allylic oxidation sites excluding steroid dienone is 2. The molecule has 3 heteroatoms. The van der Waals surface area contributed by atoms with Crippen LogP contribution in [0.15, 0.2) is 12.2 Å². The van der Waals surface area contributed by atoms with E-state index in [1.54, 1.807) is 0 Å². The SMILES string of the molecule is C[C@@]12CCCC/C=C/CCCCCCCCC[C@]1(C)OC(=O)O2. The second-order valence-electron chi connectivity index (χ2n) is 7.65. The van der Waals surface area contributed by atoms with E-state index in [4.69, 9.17) is 9.47 Å². The van der Waals surface area contributed by atoms with Crippen LogP contribution in [0.2, 0.25) is 0 Å². The Hall–Kier alpha value is -0.990. The van der Waals surface area contributed by atoms with Crippen LogP contribution in [-0.4, -0.2) is 17.4 Å². The molecule has 0 aromatic carbocycles. The molecule has 2 atom stereocenters. The van der Waals surface area contributed by atoms with Crippen LogP contribution in [0.1, 0.15) is 97.3 Å². The van der Waals surface area contributed by atoms with Crippen LogP contribution in [0.4, 0.5) is 4.79 Å². The zero-order valence-electron chi connectivity index (χ0n) is 15.1. The Balaban J connectivity index is 1.94. The maximum Gasteiger partial charge on any atom is 0.509 e. The molecule has 0 aromatic heterocycles. The van der Waals surface area contributed by atoms with Gasteiger partial charge >= 0.3 is 6.16 Å². The minimum Gasteiger partial charge on any atom is -0.424 e. The van der Waals surface area contributed by atoms with Crippen molar-refractivity contribution in [2.24, 2.45) is 0 Å². The molecule has 1 aliphatic heterocycles. The molecule has 0 radical (unpaired) electrons. The van der Waals surface area contributed by atoms with Gasteiger partial charge in [-0.2, -0.15) is 0 Å². The number of carbonyl (C=O) groups is 1. The Morgan fingerprint density at radius 1 is 0.696 bits per heavy atom. The van der Waals surface area contributed by atoms with Gasteiger partial charge in [0.05, 0.1) is 0 Å². The molecule has 1 fully saturated rings. The second-order valence-corrected chi connectivity index (χ2v) is 7.65. The molecule has 1 heterocycles. The first-order chi connectivity index (χ1) is 11.1. The summed E-state index contributed by atoms with van der Waals surface area (Å²) in [4.78, 5) is 11.7. The van der Waals surface area contributed by atoms with Crippen molar-refractivity contribution in [3.63, 3.8) is 0 Å². The van der Waals surface area contributed by atoms with Gasteiger partial charge in [0, 0.05) is 0 Å². The molecule has 2 aliphatic rings. The third-order valence-electron chi connectivity index (χ3n) is 5.70. The van der Waals surface area contributed by atoms with Crippen LogP contribution in [0.5, 0.6) is 0 Å². The average molecular weight is 322 g/mol. The highest BCUT2D eigenvalue weighted by Gasteiger charge is 2.56. The van der Waals surface area contributed by atoms with Crippen molar-refractivity contribution < 1.29 is 14.3 Å². The molecule has 0 bridgehead atoms. The molecule has 0 saturated carbocycles. The zero-order chi connectivity index (χ0) is 16.6. The molecule has 0 spiro atoms. The molecular weight excluding hydrogens is 288 g/mol. The monoisotopic (exact) mass is 322 g/mol. The summed E-state index contributed by atoms with van der Waals surface area (Å²) in [6.07, 6.45) is 19.5. The van der Waals surface area contributed by atoms with Gasteiger partial charge in [-0.25, -0.2) is 4.79 Å². The molecule has 0 amide bonds. The molecule has 0 unspecified atom stereocenters. The third-order valence-corrected chi connectivity index (χ3v) is 5.70. The zero-order valence-corrected chi connectivity index (χ0v) is 15.1. The summed E-state index contributed by atoms with van der Waals surface area (Å²) in [5.74, 6) is 0. The number of hydrogen-bond acceptors (Lipinski definition) is 3. The van der Waals surface area contributed by atoms with E-state index in [1.165, 1.54) is 44.9 Å². The van der Waals surface area contributed by atoms with Crippen molar-refractivity contribution >= 4 is 6.16 Å². The standard InChI is InChI=1S/C20H34O3/c1-19-16-14-12-10-8-6-4-3-5-7-9-11-13-15-17-20(19,2)23-18(21)22-19/h6,8H,3-5,7,9-17H2,1-2H3/b8-6+/t19-,20+/m1/s1. The molecule has 3 nitrogen and oxygen atoms in total. The molecule has 2 rings (SSSR count). The van der Waals surface area contributed by atoms with E-state index in [-0.39, 0.29) is 0 Å². The minimum atomic E-state index is -0.482. The fourth-order valence-electron chi connectivity index (χ4n) is 3.80. The maximum absolute atomic E-state index is 11.7. The van der Waals surface area contributed by atoms with Gasteiger partial charge in [0.15, 0.2) is 11.2 Å². The van der Waals surface area contributed by atoms with Crippen LogP contribution in [0, 0.1) is 0 Å². The summed E-state index contributed by atoms with van der Waals surface area (Å²) in [7, 11) is 0. The lowest BCUT2D eigenvalue weighted by Crippen LogP contribution is -2.47. The Bertz CT molecular complexity index is 404. The Morgan fingerprint density at radius 3 is 1.65 bits per heavy atom. The smallest absolute Gasteiger partial charge is 0.424 e. The van der Waals surface area contributed by atoms with E-state index in [1.807, 2.05) is 0 Å². The Morgan fingerprint density at radius 2 is 1.09 bits per heavy atom. The molecule has 0 N–H and O–H groups in total. The fraction of sp³-hybridized carbons (Fsp3) is 0.850.